The van der Waals surface area contributed by atoms with Gasteiger partial charge in [-0.2, -0.15) is 9.78 Å². The number of pyridine rings is 1. The molecule has 0 radical (unpaired) electrons. The number of rotatable bonds is 6. The van der Waals surface area contributed by atoms with Gasteiger partial charge in [0.2, 0.25) is 5.88 Å². The van der Waals surface area contributed by atoms with Gasteiger partial charge in [0, 0.05) is 12.3 Å². The maximum atomic E-state index is 11.1. The zero-order valence-electron chi connectivity index (χ0n) is 14.9. The molecule has 1 N–H and O–H groups in total. The molecule has 136 valence electrons. The number of carbonyl (C=O) groups is 1. The van der Waals surface area contributed by atoms with Crippen molar-refractivity contribution in [3.8, 4) is 17.4 Å². The average Bonchev–Trinajstić information content (AvgIpc) is 3.17. The molecule has 0 amide bonds. The number of aromatic nitrogens is 3. The zero-order valence-corrected chi connectivity index (χ0v) is 14.9. The Hall–Kier alpha value is -3.35. The fraction of sp³-hybridized carbons (Fsp3) is 0.211. The van der Waals surface area contributed by atoms with Crippen molar-refractivity contribution in [2.24, 2.45) is 0 Å². The number of nitrogens with zero attached hydrogens (tertiary/aromatic N) is 3. The molecule has 0 fully saturated rings. The second-order valence-corrected chi connectivity index (χ2v) is 4.93. The van der Waals surface area contributed by atoms with E-state index in [-0.39, 0.29) is 5.56 Å². The van der Waals surface area contributed by atoms with Crippen LogP contribution in [0.2, 0.25) is 0 Å². The molecule has 2 aromatic heterocycles. The molecule has 0 aliphatic heterocycles. The summed E-state index contributed by atoms with van der Waals surface area (Å²) in [4.78, 5) is 15.2. The van der Waals surface area contributed by atoms with Crippen molar-refractivity contribution in [3.05, 3.63) is 66.0 Å². The Morgan fingerprint density at radius 2 is 1.96 bits per heavy atom. The number of carboxylic acids is 1. The van der Waals surface area contributed by atoms with E-state index in [9.17, 15) is 4.79 Å². The molecule has 0 bridgehead atoms. The summed E-state index contributed by atoms with van der Waals surface area (Å²) < 4.78 is 12.4. The van der Waals surface area contributed by atoms with Crippen LogP contribution in [-0.2, 0) is 6.61 Å². The van der Waals surface area contributed by atoms with E-state index in [1.807, 2.05) is 38.1 Å². The third-order valence-corrected chi connectivity index (χ3v) is 3.34. The van der Waals surface area contributed by atoms with Crippen LogP contribution in [-0.4, -0.2) is 33.0 Å². The van der Waals surface area contributed by atoms with Crippen LogP contribution in [0.3, 0.4) is 0 Å². The molecule has 3 rings (SSSR count). The van der Waals surface area contributed by atoms with Crippen molar-refractivity contribution >= 4 is 5.97 Å². The number of carboxylic acid groups (broad SMARTS) is 1. The molecule has 0 spiro atoms. The Balaban J connectivity index is 0.00000117. The molecular formula is C19H21N3O4. The molecule has 0 aliphatic rings. The van der Waals surface area contributed by atoms with E-state index < -0.39 is 5.97 Å². The van der Waals surface area contributed by atoms with E-state index in [0.717, 1.165) is 11.3 Å². The van der Waals surface area contributed by atoms with Gasteiger partial charge in [0.05, 0.1) is 18.9 Å². The summed E-state index contributed by atoms with van der Waals surface area (Å²) in [5, 5.41) is 13.2. The van der Waals surface area contributed by atoms with Gasteiger partial charge in [0.25, 0.3) is 0 Å². The summed E-state index contributed by atoms with van der Waals surface area (Å²) in [6.07, 6.45) is 2.99. The van der Waals surface area contributed by atoms with Crippen molar-refractivity contribution in [1.29, 1.82) is 0 Å². The molecule has 7 nitrogen and oxygen atoms in total. The minimum absolute atomic E-state index is 0.134. The minimum Gasteiger partial charge on any atom is -0.497 e. The molecule has 0 atom stereocenters. The molecule has 2 heterocycles. The van der Waals surface area contributed by atoms with E-state index in [0.29, 0.717) is 18.3 Å². The van der Waals surface area contributed by atoms with Crippen LogP contribution in [0, 0.1) is 0 Å². The Morgan fingerprint density at radius 1 is 1.15 bits per heavy atom. The fourth-order valence-corrected chi connectivity index (χ4v) is 2.16. The molecule has 0 aliphatic carbocycles. The van der Waals surface area contributed by atoms with Crippen molar-refractivity contribution in [1.82, 2.24) is 14.8 Å². The lowest BCUT2D eigenvalue weighted by Crippen LogP contribution is -2.06. The topological polar surface area (TPSA) is 86.5 Å². The molecule has 0 saturated carbocycles. The summed E-state index contributed by atoms with van der Waals surface area (Å²) in [6, 6.07) is 12.1. The summed E-state index contributed by atoms with van der Waals surface area (Å²) in [5.41, 5.74) is 1.07. The standard InChI is InChI=1S/C17H15N3O4.C2H6/c1-23-14-4-2-3-12(9-14)11-24-16-6-8-19-20(16)15-10-13(17(21)22)5-7-18-15;1-2/h2-10H,11H2,1H3,(H,21,22);1-2H3. The van der Waals surface area contributed by atoms with Gasteiger partial charge in [-0.15, -0.1) is 0 Å². The first-order valence-corrected chi connectivity index (χ1v) is 8.17. The highest BCUT2D eigenvalue weighted by atomic mass is 16.5. The average molecular weight is 355 g/mol. The molecule has 1 aromatic carbocycles. The van der Waals surface area contributed by atoms with E-state index in [4.69, 9.17) is 14.6 Å². The smallest absolute Gasteiger partial charge is 0.335 e. The lowest BCUT2D eigenvalue weighted by atomic mass is 10.2. The molecule has 0 saturated heterocycles. The van der Waals surface area contributed by atoms with Crippen LogP contribution in [0.4, 0.5) is 0 Å². The summed E-state index contributed by atoms with van der Waals surface area (Å²) in [6.45, 7) is 4.32. The SMILES string of the molecule is CC.COc1cccc(COc2ccnn2-c2cc(C(=O)O)ccn2)c1. The van der Waals surface area contributed by atoms with Gasteiger partial charge in [-0.1, -0.05) is 26.0 Å². The second-order valence-electron chi connectivity index (χ2n) is 4.93. The van der Waals surface area contributed by atoms with Crippen LogP contribution in [0.25, 0.3) is 5.82 Å². The molecule has 3 aromatic rings. The van der Waals surface area contributed by atoms with Gasteiger partial charge in [-0.3, -0.25) is 0 Å². The predicted octanol–water partition coefficient (Wildman–Crippen LogP) is 3.58. The highest BCUT2D eigenvalue weighted by molar-refractivity contribution is 5.87. The van der Waals surface area contributed by atoms with Crippen LogP contribution < -0.4 is 9.47 Å². The third kappa shape index (κ3) is 4.60. The van der Waals surface area contributed by atoms with Gasteiger partial charge in [0.15, 0.2) is 5.82 Å². The highest BCUT2D eigenvalue weighted by Gasteiger charge is 2.11. The largest absolute Gasteiger partial charge is 0.497 e. The third-order valence-electron chi connectivity index (χ3n) is 3.34. The summed E-state index contributed by atoms with van der Waals surface area (Å²) in [7, 11) is 1.61. The van der Waals surface area contributed by atoms with E-state index in [2.05, 4.69) is 10.1 Å². The van der Waals surface area contributed by atoms with Crippen LogP contribution >= 0.6 is 0 Å². The first kappa shape index (κ1) is 19.0. The monoisotopic (exact) mass is 355 g/mol. The normalized spacial score (nSPS) is 9.81. The van der Waals surface area contributed by atoms with E-state index in [1.165, 1.54) is 23.0 Å². The lowest BCUT2D eigenvalue weighted by molar-refractivity contribution is 0.0696. The van der Waals surface area contributed by atoms with Crippen molar-refractivity contribution in [2.75, 3.05) is 7.11 Å². The van der Waals surface area contributed by atoms with Gasteiger partial charge in [0.1, 0.15) is 12.4 Å². The van der Waals surface area contributed by atoms with Gasteiger partial charge in [-0.25, -0.2) is 9.78 Å². The predicted molar refractivity (Wildman–Crippen MR) is 97.0 cm³/mol. The lowest BCUT2D eigenvalue weighted by Gasteiger charge is -2.10. The van der Waals surface area contributed by atoms with Gasteiger partial charge in [-0.05, 0) is 29.8 Å². The maximum Gasteiger partial charge on any atom is 0.335 e. The van der Waals surface area contributed by atoms with Crippen molar-refractivity contribution in [3.63, 3.8) is 0 Å². The van der Waals surface area contributed by atoms with Gasteiger partial charge < -0.3 is 14.6 Å². The quantitative estimate of drug-likeness (QED) is 0.727. The number of hydrogen-bond donors (Lipinski definition) is 1. The van der Waals surface area contributed by atoms with Crippen molar-refractivity contribution < 1.29 is 19.4 Å². The van der Waals surface area contributed by atoms with E-state index >= 15 is 0 Å². The second kappa shape index (κ2) is 9.22. The Kier molecular flexibility index (Phi) is 6.73. The number of methoxy groups -OCH3 is 1. The fourth-order valence-electron chi connectivity index (χ4n) is 2.16. The van der Waals surface area contributed by atoms with Crippen molar-refractivity contribution in [2.45, 2.75) is 20.5 Å². The molecule has 7 heteroatoms. The van der Waals surface area contributed by atoms with Crippen LogP contribution in [0.1, 0.15) is 29.8 Å². The van der Waals surface area contributed by atoms with Crippen LogP contribution in [0.15, 0.2) is 54.9 Å². The first-order valence-electron chi connectivity index (χ1n) is 8.17. The zero-order chi connectivity index (χ0) is 18.9. The maximum absolute atomic E-state index is 11.1. The van der Waals surface area contributed by atoms with Gasteiger partial charge >= 0.3 is 5.97 Å². The molecule has 26 heavy (non-hydrogen) atoms. The summed E-state index contributed by atoms with van der Waals surface area (Å²) in [5.74, 6) is 0.568. The van der Waals surface area contributed by atoms with Crippen LogP contribution in [0.5, 0.6) is 11.6 Å². The first-order chi connectivity index (χ1) is 12.7. The molecular weight excluding hydrogens is 334 g/mol. The highest BCUT2D eigenvalue weighted by Crippen LogP contribution is 2.19. The Morgan fingerprint density at radius 3 is 2.69 bits per heavy atom. The summed E-state index contributed by atoms with van der Waals surface area (Å²) >= 11 is 0. The Bertz CT molecular complexity index is 861. The van der Waals surface area contributed by atoms with E-state index in [1.54, 1.807) is 19.4 Å². The molecule has 0 unspecified atom stereocenters. The number of benzene rings is 1. The number of hydrogen-bond acceptors (Lipinski definition) is 5. The minimum atomic E-state index is -1.02. The number of aromatic carboxylic acids is 1. The Labute approximate surface area is 151 Å². The number of ether oxygens (including phenoxy) is 2.